The number of halogens is 1. The molecule has 5 heteroatoms. The van der Waals surface area contributed by atoms with Crippen LogP contribution in [0, 0.1) is 0 Å². The van der Waals surface area contributed by atoms with E-state index in [4.69, 9.17) is 0 Å². The van der Waals surface area contributed by atoms with Gasteiger partial charge in [-0.2, -0.15) is 5.10 Å². The van der Waals surface area contributed by atoms with Gasteiger partial charge < -0.3 is 10.2 Å². The van der Waals surface area contributed by atoms with Crippen molar-refractivity contribution in [3.8, 4) is 17.2 Å². The van der Waals surface area contributed by atoms with Crippen LogP contribution in [0.25, 0.3) is 16.6 Å². The Bertz CT molecular complexity index is 720. The predicted octanol–water partition coefficient (Wildman–Crippen LogP) is 3.20. The van der Waals surface area contributed by atoms with Gasteiger partial charge in [-0.25, -0.2) is 4.68 Å². The molecule has 1 aromatic heterocycles. The number of phenols is 2. The summed E-state index contributed by atoms with van der Waals surface area (Å²) in [5.41, 5.74) is 1.62. The first kappa shape index (κ1) is 11.1. The van der Waals surface area contributed by atoms with Crippen LogP contribution in [0.4, 0.5) is 0 Å². The first-order chi connectivity index (χ1) is 8.63. The maximum atomic E-state index is 9.53. The van der Waals surface area contributed by atoms with Crippen molar-refractivity contribution in [3.05, 3.63) is 47.1 Å². The van der Waals surface area contributed by atoms with Gasteiger partial charge in [-0.05, 0) is 52.3 Å². The number of aromatic nitrogens is 2. The standard InChI is InChI=1S/C13H9BrN2O2/c14-12-6-11(18)5-8-7-16(15-13(8)12)9-1-3-10(17)4-2-9/h1-7,17-18H. The molecular formula is C13H9BrN2O2. The van der Waals surface area contributed by atoms with Crippen LogP contribution in [0.2, 0.25) is 0 Å². The number of aromatic hydroxyl groups is 2. The molecule has 3 aromatic rings. The highest BCUT2D eigenvalue weighted by molar-refractivity contribution is 9.10. The molecule has 0 aliphatic heterocycles. The molecule has 2 N–H and O–H groups in total. The molecule has 1 heterocycles. The molecule has 0 saturated carbocycles. The maximum absolute atomic E-state index is 9.53. The Balaban J connectivity index is 2.19. The number of phenolic OH excluding ortho intramolecular Hbond substituents is 2. The normalized spacial score (nSPS) is 10.9. The van der Waals surface area contributed by atoms with Gasteiger partial charge in [-0.1, -0.05) is 0 Å². The van der Waals surface area contributed by atoms with Crippen molar-refractivity contribution in [2.45, 2.75) is 0 Å². The van der Waals surface area contributed by atoms with Gasteiger partial charge >= 0.3 is 0 Å². The minimum Gasteiger partial charge on any atom is -0.508 e. The summed E-state index contributed by atoms with van der Waals surface area (Å²) in [7, 11) is 0. The molecule has 0 radical (unpaired) electrons. The van der Waals surface area contributed by atoms with E-state index in [0.29, 0.717) is 0 Å². The average Bonchev–Trinajstić information content (AvgIpc) is 2.74. The molecule has 0 saturated heterocycles. The summed E-state index contributed by atoms with van der Waals surface area (Å²) in [5.74, 6) is 0.411. The Hall–Kier alpha value is -2.01. The molecule has 0 aliphatic carbocycles. The SMILES string of the molecule is Oc1ccc(-n2cc3cc(O)cc(Br)c3n2)cc1. The van der Waals surface area contributed by atoms with Crippen LogP contribution < -0.4 is 0 Å². The molecule has 0 atom stereocenters. The fourth-order valence-corrected chi connectivity index (χ4v) is 2.36. The van der Waals surface area contributed by atoms with Crippen LogP contribution in [-0.4, -0.2) is 20.0 Å². The molecule has 0 bridgehead atoms. The zero-order chi connectivity index (χ0) is 12.7. The van der Waals surface area contributed by atoms with Gasteiger partial charge in [0.15, 0.2) is 0 Å². The van der Waals surface area contributed by atoms with Crippen LogP contribution in [0.5, 0.6) is 11.5 Å². The van der Waals surface area contributed by atoms with E-state index >= 15 is 0 Å². The van der Waals surface area contributed by atoms with Gasteiger partial charge in [0.1, 0.15) is 17.0 Å². The average molecular weight is 305 g/mol. The summed E-state index contributed by atoms with van der Waals surface area (Å²) in [4.78, 5) is 0. The molecule has 0 unspecified atom stereocenters. The van der Waals surface area contributed by atoms with Crippen LogP contribution in [0.15, 0.2) is 47.1 Å². The van der Waals surface area contributed by atoms with Crippen LogP contribution >= 0.6 is 15.9 Å². The van der Waals surface area contributed by atoms with Crippen molar-refractivity contribution in [2.24, 2.45) is 0 Å². The molecule has 0 aliphatic rings. The Morgan fingerprint density at radius 3 is 2.44 bits per heavy atom. The summed E-state index contributed by atoms with van der Waals surface area (Å²) in [6, 6.07) is 10.0. The summed E-state index contributed by atoms with van der Waals surface area (Å²) >= 11 is 3.37. The van der Waals surface area contributed by atoms with Gasteiger partial charge in [0.25, 0.3) is 0 Å². The predicted molar refractivity (Wildman–Crippen MR) is 72.1 cm³/mol. The fourth-order valence-electron chi connectivity index (χ4n) is 1.82. The summed E-state index contributed by atoms with van der Waals surface area (Å²) in [6.45, 7) is 0. The second-order valence-corrected chi connectivity index (χ2v) is 4.81. The highest BCUT2D eigenvalue weighted by Gasteiger charge is 2.07. The fraction of sp³-hybridized carbons (Fsp3) is 0. The molecule has 0 fully saturated rings. The van der Waals surface area contributed by atoms with Crippen LogP contribution in [0.3, 0.4) is 0 Å². The van der Waals surface area contributed by atoms with Gasteiger partial charge in [0.2, 0.25) is 0 Å². The van der Waals surface area contributed by atoms with E-state index in [9.17, 15) is 10.2 Å². The molecule has 0 amide bonds. The number of hydrogen-bond acceptors (Lipinski definition) is 3. The molecule has 18 heavy (non-hydrogen) atoms. The largest absolute Gasteiger partial charge is 0.508 e. The third-order valence-corrected chi connectivity index (χ3v) is 3.27. The Labute approximate surface area is 111 Å². The number of fused-ring (bicyclic) bond motifs is 1. The lowest BCUT2D eigenvalue weighted by Gasteiger charge is -2.00. The summed E-state index contributed by atoms with van der Waals surface area (Å²) in [6.07, 6.45) is 1.83. The van der Waals surface area contributed by atoms with E-state index < -0.39 is 0 Å². The molecule has 2 aromatic carbocycles. The number of hydrogen-bond donors (Lipinski definition) is 2. The second-order valence-electron chi connectivity index (χ2n) is 3.96. The second kappa shape index (κ2) is 4.03. The Morgan fingerprint density at radius 1 is 1.00 bits per heavy atom. The van der Waals surface area contributed by atoms with Crippen molar-refractivity contribution in [3.63, 3.8) is 0 Å². The summed E-state index contributed by atoms with van der Waals surface area (Å²) < 4.78 is 2.45. The zero-order valence-electron chi connectivity index (χ0n) is 9.21. The van der Waals surface area contributed by atoms with E-state index in [1.54, 1.807) is 41.1 Å². The van der Waals surface area contributed by atoms with Crippen LogP contribution in [0.1, 0.15) is 0 Å². The van der Waals surface area contributed by atoms with E-state index in [1.807, 2.05) is 6.20 Å². The maximum Gasteiger partial charge on any atom is 0.117 e. The third-order valence-electron chi connectivity index (χ3n) is 2.66. The number of rotatable bonds is 1. The Kier molecular flexibility index (Phi) is 2.48. The third kappa shape index (κ3) is 1.82. The lowest BCUT2D eigenvalue weighted by atomic mass is 10.2. The quantitative estimate of drug-likeness (QED) is 0.726. The van der Waals surface area contributed by atoms with E-state index in [-0.39, 0.29) is 11.5 Å². The highest BCUT2D eigenvalue weighted by Crippen LogP contribution is 2.28. The van der Waals surface area contributed by atoms with Crippen molar-refractivity contribution < 1.29 is 10.2 Å². The topological polar surface area (TPSA) is 58.3 Å². The monoisotopic (exact) mass is 304 g/mol. The van der Waals surface area contributed by atoms with Crippen molar-refractivity contribution in [1.29, 1.82) is 0 Å². The van der Waals surface area contributed by atoms with Crippen molar-refractivity contribution in [1.82, 2.24) is 9.78 Å². The smallest absolute Gasteiger partial charge is 0.117 e. The first-order valence-electron chi connectivity index (χ1n) is 5.31. The minimum atomic E-state index is 0.194. The zero-order valence-corrected chi connectivity index (χ0v) is 10.8. The van der Waals surface area contributed by atoms with E-state index in [2.05, 4.69) is 21.0 Å². The van der Waals surface area contributed by atoms with Crippen molar-refractivity contribution >= 4 is 26.8 Å². The Morgan fingerprint density at radius 2 is 1.72 bits per heavy atom. The number of benzene rings is 2. The van der Waals surface area contributed by atoms with Gasteiger partial charge in [-0.15, -0.1) is 0 Å². The summed E-state index contributed by atoms with van der Waals surface area (Å²) in [5, 5.41) is 24.1. The molecule has 4 nitrogen and oxygen atoms in total. The molecular weight excluding hydrogens is 296 g/mol. The highest BCUT2D eigenvalue weighted by atomic mass is 79.9. The number of nitrogens with zero attached hydrogens (tertiary/aromatic N) is 2. The lowest BCUT2D eigenvalue weighted by Crippen LogP contribution is -1.93. The van der Waals surface area contributed by atoms with E-state index in [0.717, 1.165) is 21.1 Å². The van der Waals surface area contributed by atoms with Crippen LogP contribution in [-0.2, 0) is 0 Å². The first-order valence-corrected chi connectivity index (χ1v) is 6.10. The lowest BCUT2D eigenvalue weighted by molar-refractivity contribution is 0.475. The van der Waals surface area contributed by atoms with Gasteiger partial charge in [-0.3, -0.25) is 0 Å². The van der Waals surface area contributed by atoms with E-state index in [1.165, 1.54) is 0 Å². The van der Waals surface area contributed by atoms with Crippen molar-refractivity contribution in [2.75, 3.05) is 0 Å². The molecule has 90 valence electrons. The minimum absolute atomic E-state index is 0.194. The van der Waals surface area contributed by atoms with Gasteiger partial charge in [0, 0.05) is 16.1 Å². The molecule has 3 rings (SSSR count). The van der Waals surface area contributed by atoms with Gasteiger partial charge in [0.05, 0.1) is 5.69 Å². The molecule has 0 spiro atoms.